The molecular weight excluding hydrogens is 284 g/mol. The first-order valence-electron chi connectivity index (χ1n) is 7.19. The molecule has 21 heavy (non-hydrogen) atoms. The molecule has 1 aliphatic rings. The fraction of sp³-hybridized carbons (Fsp3) is 0.500. The number of nitrogens with one attached hydrogen (secondary N) is 1. The first-order valence-corrected chi connectivity index (χ1v) is 7.60. The highest BCUT2D eigenvalue weighted by Gasteiger charge is 2.50. The number of thiocarbonyl (C=S) groups is 1. The van der Waals surface area contributed by atoms with Crippen molar-refractivity contribution in [3.63, 3.8) is 0 Å². The van der Waals surface area contributed by atoms with Gasteiger partial charge in [-0.1, -0.05) is 37.3 Å². The summed E-state index contributed by atoms with van der Waals surface area (Å²) in [6.45, 7) is 2.66. The largest absolute Gasteiger partial charge is 0.496 e. The normalized spacial score (nSPS) is 24.0. The van der Waals surface area contributed by atoms with E-state index >= 15 is 0 Å². The summed E-state index contributed by atoms with van der Waals surface area (Å²) in [5, 5.41) is 2.97. The van der Waals surface area contributed by atoms with Crippen LogP contribution in [0.5, 0.6) is 5.75 Å². The van der Waals surface area contributed by atoms with E-state index in [0.29, 0.717) is 17.5 Å². The van der Waals surface area contributed by atoms with Crippen LogP contribution in [0.25, 0.3) is 0 Å². The van der Waals surface area contributed by atoms with Crippen LogP contribution in [0.15, 0.2) is 24.3 Å². The lowest BCUT2D eigenvalue weighted by molar-refractivity contribution is -0.132. The molecule has 1 fully saturated rings. The van der Waals surface area contributed by atoms with Crippen LogP contribution >= 0.6 is 12.2 Å². The first kappa shape index (κ1) is 15.8. The summed E-state index contributed by atoms with van der Waals surface area (Å²) < 4.78 is 5.30. The summed E-state index contributed by atoms with van der Waals surface area (Å²) in [4.78, 5) is 12.7. The number of hydrogen-bond acceptors (Lipinski definition) is 3. The smallest absolute Gasteiger partial charge is 0.233 e. The average molecular weight is 306 g/mol. The molecule has 0 heterocycles. The van der Waals surface area contributed by atoms with Crippen LogP contribution in [0, 0.1) is 11.3 Å². The third-order valence-electron chi connectivity index (χ3n) is 4.17. The molecule has 0 aliphatic heterocycles. The van der Waals surface area contributed by atoms with Crippen molar-refractivity contribution in [3.05, 3.63) is 29.8 Å². The summed E-state index contributed by atoms with van der Waals surface area (Å²) in [6.07, 6.45) is 2.23. The van der Waals surface area contributed by atoms with E-state index in [2.05, 4.69) is 12.2 Å². The predicted octanol–water partition coefficient (Wildman–Crippen LogP) is 2.06. The molecule has 4 nitrogen and oxygen atoms in total. The Morgan fingerprint density at radius 2 is 2.14 bits per heavy atom. The minimum Gasteiger partial charge on any atom is -0.496 e. The second-order valence-corrected chi connectivity index (χ2v) is 6.22. The molecule has 2 rings (SSSR count). The minimum absolute atomic E-state index is 0.0389. The summed E-state index contributed by atoms with van der Waals surface area (Å²) in [6, 6.07) is 7.81. The molecule has 0 unspecified atom stereocenters. The summed E-state index contributed by atoms with van der Waals surface area (Å²) in [5.74, 6) is 1.31. The molecule has 0 radical (unpaired) electrons. The van der Waals surface area contributed by atoms with Crippen molar-refractivity contribution in [2.45, 2.75) is 26.2 Å². The van der Waals surface area contributed by atoms with Gasteiger partial charge in [0.25, 0.3) is 0 Å². The zero-order chi connectivity index (χ0) is 15.5. The number of ether oxygens (including phenoxy) is 1. The lowest BCUT2D eigenvalue weighted by atomic mass is 9.62. The molecule has 0 atom stereocenters. The number of benzene rings is 1. The van der Waals surface area contributed by atoms with Gasteiger partial charge in [0.05, 0.1) is 17.5 Å². The SMILES string of the molecule is COc1ccccc1CCNC(=O)C1(C(N)=S)CC(C)C1. The van der Waals surface area contributed by atoms with Gasteiger partial charge in [-0.15, -0.1) is 0 Å². The van der Waals surface area contributed by atoms with E-state index in [0.717, 1.165) is 30.6 Å². The van der Waals surface area contributed by atoms with Gasteiger partial charge < -0.3 is 15.8 Å². The Labute approximate surface area is 131 Å². The molecule has 1 aromatic rings. The molecule has 0 spiro atoms. The Kier molecular flexibility index (Phi) is 4.83. The van der Waals surface area contributed by atoms with Crippen molar-refractivity contribution >= 4 is 23.1 Å². The molecule has 114 valence electrons. The van der Waals surface area contributed by atoms with Gasteiger partial charge in [-0.25, -0.2) is 0 Å². The van der Waals surface area contributed by atoms with E-state index in [4.69, 9.17) is 22.7 Å². The Morgan fingerprint density at radius 1 is 1.48 bits per heavy atom. The van der Waals surface area contributed by atoms with Gasteiger partial charge >= 0.3 is 0 Å². The summed E-state index contributed by atoms with van der Waals surface area (Å²) >= 11 is 5.09. The van der Waals surface area contributed by atoms with Crippen molar-refractivity contribution < 1.29 is 9.53 Å². The standard InChI is InChI=1S/C16H22N2O2S/c1-11-9-16(10-11,14(17)21)15(19)18-8-7-12-5-3-4-6-13(12)20-2/h3-6,11H,7-10H2,1-2H3,(H2,17,21)(H,18,19). The highest BCUT2D eigenvalue weighted by molar-refractivity contribution is 7.80. The Bertz CT molecular complexity index is 539. The van der Waals surface area contributed by atoms with Gasteiger partial charge in [-0.3, -0.25) is 4.79 Å². The third kappa shape index (κ3) is 3.18. The summed E-state index contributed by atoms with van der Waals surface area (Å²) in [7, 11) is 1.65. The molecular formula is C16H22N2O2S. The number of rotatable bonds is 6. The zero-order valence-corrected chi connectivity index (χ0v) is 13.3. The predicted molar refractivity (Wildman–Crippen MR) is 87.3 cm³/mol. The van der Waals surface area contributed by atoms with E-state index in [1.807, 2.05) is 24.3 Å². The van der Waals surface area contributed by atoms with Crippen molar-refractivity contribution in [1.82, 2.24) is 5.32 Å². The van der Waals surface area contributed by atoms with Crippen LogP contribution in [-0.4, -0.2) is 24.6 Å². The van der Waals surface area contributed by atoms with E-state index < -0.39 is 5.41 Å². The Hall–Kier alpha value is -1.62. The van der Waals surface area contributed by atoms with Crippen molar-refractivity contribution in [1.29, 1.82) is 0 Å². The monoisotopic (exact) mass is 306 g/mol. The minimum atomic E-state index is -0.629. The van der Waals surface area contributed by atoms with E-state index in [-0.39, 0.29) is 5.91 Å². The number of amides is 1. The van der Waals surface area contributed by atoms with Crippen molar-refractivity contribution in [2.75, 3.05) is 13.7 Å². The van der Waals surface area contributed by atoms with Crippen LogP contribution in [0.4, 0.5) is 0 Å². The Morgan fingerprint density at radius 3 is 2.71 bits per heavy atom. The number of carbonyl (C=O) groups excluding carboxylic acids is 1. The molecule has 3 N–H and O–H groups in total. The lowest BCUT2D eigenvalue weighted by Gasteiger charge is -2.44. The molecule has 1 amide bonds. The first-order chi connectivity index (χ1) is 9.99. The number of hydrogen-bond donors (Lipinski definition) is 2. The summed E-state index contributed by atoms with van der Waals surface area (Å²) in [5.41, 5.74) is 6.22. The Balaban J connectivity index is 1.91. The van der Waals surface area contributed by atoms with Crippen LogP contribution in [-0.2, 0) is 11.2 Å². The van der Waals surface area contributed by atoms with Gasteiger partial charge in [0.1, 0.15) is 5.75 Å². The highest BCUT2D eigenvalue weighted by atomic mass is 32.1. The van der Waals surface area contributed by atoms with Crippen LogP contribution in [0.2, 0.25) is 0 Å². The average Bonchev–Trinajstić information content (AvgIpc) is 2.43. The van der Waals surface area contributed by atoms with Crippen LogP contribution in [0.3, 0.4) is 0 Å². The maximum Gasteiger partial charge on any atom is 0.233 e. The fourth-order valence-corrected chi connectivity index (χ4v) is 3.28. The van der Waals surface area contributed by atoms with E-state index in [9.17, 15) is 4.79 Å². The van der Waals surface area contributed by atoms with Crippen molar-refractivity contribution in [3.8, 4) is 5.75 Å². The lowest BCUT2D eigenvalue weighted by Crippen LogP contribution is -2.56. The van der Waals surface area contributed by atoms with Crippen molar-refractivity contribution in [2.24, 2.45) is 17.1 Å². The maximum atomic E-state index is 12.4. The topological polar surface area (TPSA) is 64.3 Å². The molecule has 1 saturated carbocycles. The zero-order valence-electron chi connectivity index (χ0n) is 12.5. The van der Waals surface area contributed by atoms with Crippen LogP contribution in [0.1, 0.15) is 25.3 Å². The number of nitrogens with two attached hydrogens (primary N) is 1. The van der Waals surface area contributed by atoms with Gasteiger partial charge in [-0.2, -0.15) is 0 Å². The van der Waals surface area contributed by atoms with Gasteiger partial charge in [0, 0.05) is 6.54 Å². The maximum absolute atomic E-state index is 12.4. The second kappa shape index (κ2) is 6.43. The van der Waals surface area contributed by atoms with E-state index in [1.165, 1.54) is 0 Å². The number of methoxy groups -OCH3 is 1. The molecule has 0 bridgehead atoms. The van der Waals surface area contributed by atoms with Gasteiger partial charge in [0.15, 0.2) is 0 Å². The van der Waals surface area contributed by atoms with E-state index in [1.54, 1.807) is 7.11 Å². The molecule has 1 aromatic carbocycles. The quantitative estimate of drug-likeness (QED) is 0.790. The molecule has 1 aliphatic carbocycles. The molecule has 0 aromatic heterocycles. The fourth-order valence-electron chi connectivity index (χ4n) is 3.02. The van der Waals surface area contributed by atoms with Gasteiger partial charge in [-0.05, 0) is 36.8 Å². The van der Waals surface area contributed by atoms with Crippen LogP contribution < -0.4 is 15.8 Å². The molecule has 5 heteroatoms. The third-order valence-corrected chi connectivity index (χ3v) is 4.56. The molecule has 0 saturated heterocycles. The highest BCUT2D eigenvalue weighted by Crippen LogP contribution is 2.45. The second-order valence-electron chi connectivity index (χ2n) is 5.78. The number of carbonyl (C=O) groups is 1. The number of para-hydroxylation sites is 1. The van der Waals surface area contributed by atoms with Gasteiger partial charge in [0.2, 0.25) is 5.91 Å².